The Morgan fingerprint density at radius 3 is 1.14 bits per heavy atom. The van der Waals surface area contributed by atoms with Gasteiger partial charge in [-0.25, -0.2) is 19.2 Å². The van der Waals surface area contributed by atoms with Crippen molar-refractivity contribution in [3.63, 3.8) is 0 Å². The molecule has 0 aliphatic heterocycles. The lowest BCUT2D eigenvalue weighted by molar-refractivity contribution is 0.0164. The molecule has 0 heterocycles. The molecule has 8 heteroatoms. The SMILES string of the molecule is O=C(O)c1ccccc1C(=O)O.O=C(OC1CCCCC1)c1ccccc1C(=O)OC1CCCCC1. The van der Waals surface area contributed by atoms with Crippen LogP contribution in [0.25, 0.3) is 0 Å². The zero-order chi connectivity index (χ0) is 25.9. The molecule has 2 N–H and O–H groups in total. The summed E-state index contributed by atoms with van der Waals surface area (Å²) in [5.41, 5.74) is 0.266. The summed E-state index contributed by atoms with van der Waals surface area (Å²) >= 11 is 0. The minimum atomic E-state index is -1.23. The Balaban J connectivity index is 0.000000253. The second-order valence-electron chi connectivity index (χ2n) is 9.03. The predicted molar refractivity (Wildman–Crippen MR) is 131 cm³/mol. The smallest absolute Gasteiger partial charge is 0.339 e. The second kappa shape index (κ2) is 13.4. The van der Waals surface area contributed by atoms with Gasteiger partial charge in [-0.3, -0.25) is 0 Å². The van der Waals surface area contributed by atoms with Gasteiger partial charge in [-0.2, -0.15) is 0 Å². The third kappa shape index (κ3) is 7.66. The molecular weight excluding hydrogens is 464 g/mol. The Morgan fingerprint density at radius 2 is 0.833 bits per heavy atom. The largest absolute Gasteiger partial charge is 0.478 e. The minimum Gasteiger partial charge on any atom is -0.478 e. The van der Waals surface area contributed by atoms with Crippen LogP contribution in [0.5, 0.6) is 0 Å². The van der Waals surface area contributed by atoms with Gasteiger partial charge in [-0.15, -0.1) is 0 Å². The van der Waals surface area contributed by atoms with Crippen molar-refractivity contribution < 1.29 is 38.9 Å². The van der Waals surface area contributed by atoms with E-state index in [9.17, 15) is 19.2 Å². The van der Waals surface area contributed by atoms with Crippen LogP contribution in [0.4, 0.5) is 0 Å². The van der Waals surface area contributed by atoms with E-state index in [1.54, 1.807) is 24.3 Å². The Kier molecular flexibility index (Phi) is 10.0. The van der Waals surface area contributed by atoms with E-state index in [1.165, 1.54) is 37.1 Å². The van der Waals surface area contributed by atoms with Crippen LogP contribution in [0, 0.1) is 0 Å². The molecule has 2 aliphatic carbocycles. The second-order valence-corrected chi connectivity index (χ2v) is 9.03. The number of hydrogen-bond acceptors (Lipinski definition) is 6. The lowest BCUT2D eigenvalue weighted by atomic mass is 9.97. The summed E-state index contributed by atoms with van der Waals surface area (Å²) in [5, 5.41) is 17.1. The van der Waals surface area contributed by atoms with Crippen LogP contribution in [0.3, 0.4) is 0 Å². The summed E-state index contributed by atoms with van der Waals surface area (Å²) in [6, 6.07) is 12.3. The fourth-order valence-corrected chi connectivity index (χ4v) is 4.49. The zero-order valence-corrected chi connectivity index (χ0v) is 20.2. The van der Waals surface area contributed by atoms with E-state index < -0.39 is 23.9 Å². The van der Waals surface area contributed by atoms with E-state index >= 15 is 0 Å². The first-order chi connectivity index (χ1) is 17.4. The molecule has 2 aromatic carbocycles. The number of carbonyl (C=O) groups excluding carboxylic acids is 2. The van der Waals surface area contributed by atoms with Gasteiger partial charge in [0.05, 0.1) is 22.3 Å². The molecule has 0 aromatic heterocycles. The van der Waals surface area contributed by atoms with Crippen LogP contribution in [0.2, 0.25) is 0 Å². The fourth-order valence-electron chi connectivity index (χ4n) is 4.49. The Hall–Kier alpha value is -3.68. The molecule has 36 heavy (non-hydrogen) atoms. The highest BCUT2D eigenvalue weighted by Crippen LogP contribution is 2.24. The van der Waals surface area contributed by atoms with Crippen LogP contribution in [0.15, 0.2) is 48.5 Å². The van der Waals surface area contributed by atoms with E-state index in [0.717, 1.165) is 51.4 Å². The lowest BCUT2D eigenvalue weighted by Crippen LogP contribution is -2.24. The highest BCUT2D eigenvalue weighted by molar-refractivity contribution is 6.03. The van der Waals surface area contributed by atoms with Crippen molar-refractivity contribution in [3.05, 3.63) is 70.8 Å². The Morgan fingerprint density at radius 1 is 0.528 bits per heavy atom. The molecule has 0 saturated heterocycles. The summed E-state index contributed by atoms with van der Waals surface area (Å²) in [6.07, 6.45) is 10.4. The third-order valence-electron chi connectivity index (χ3n) is 6.41. The molecule has 2 fully saturated rings. The number of aromatic carboxylic acids is 2. The lowest BCUT2D eigenvalue weighted by Gasteiger charge is -2.23. The topological polar surface area (TPSA) is 127 Å². The van der Waals surface area contributed by atoms with E-state index in [1.807, 2.05) is 0 Å². The van der Waals surface area contributed by atoms with Gasteiger partial charge in [0.15, 0.2) is 0 Å². The van der Waals surface area contributed by atoms with Crippen LogP contribution in [-0.2, 0) is 9.47 Å². The van der Waals surface area contributed by atoms with Gasteiger partial charge in [0.1, 0.15) is 12.2 Å². The number of hydrogen-bond donors (Lipinski definition) is 2. The first-order valence-electron chi connectivity index (χ1n) is 12.4. The van der Waals surface area contributed by atoms with Gasteiger partial charge >= 0.3 is 23.9 Å². The number of ether oxygens (including phenoxy) is 2. The molecule has 0 bridgehead atoms. The molecule has 8 nitrogen and oxygen atoms in total. The molecule has 0 radical (unpaired) electrons. The average Bonchev–Trinajstić information content (AvgIpc) is 2.90. The molecule has 0 spiro atoms. The van der Waals surface area contributed by atoms with Gasteiger partial charge in [0.25, 0.3) is 0 Å². The van der Waals surface area contributed by atoms with Crippen molar-refractivity contribution in [3.8, 4) is 0 Å². The Bertz CT molecular complexity index is 981. The standard InChI is InChI=1S/C20H26O4.C8H6O4/c21-19(23-15-9-3-1-4-10-15)17-13-7-8-14-18(17)20(22)24-16-11-5-2-6-12-16;9-7(10)5-3-1-2-4-6(5)8(11)12/h7-8,13-16H,1-6,9-12H2;1-4H,(H,9,10)(H,11,12). The number of carboxylic acids is 2. The minimum absolute atomic E-state index is 0.0197. The summed E-state index contributed by atoms with van der Waals surface area (Å²) in [4.78, 5) is 45.9. The molecule has 0 atom stereocenters. The third-order valence-corrected chi connectivity index (χ3v) is 6.41. The maximum Gasteiger partial charge on any atom is 0.339 e. The number of benzene rings is 2. The maximum absolute atomic E-state index is 12.5. The fraction of sp³-hybridized carbons (Fsp3) is 0.429. The van der Waals surface area contributed by atoms with E-state index in [0.29, 0.717) is 11.1 Å². The van der Waals surface area contributed by atoms with Gasteiger partial charge in [-0.1, -0.05) is 37.1 Å². The van der Waals surface area contributed by atoms with Crippen molar-refractivity contribution in [1.29, 1.82) is 0 Å². The molecule has 2 aromatic rings. The molecule has 0 unspecified atom stereocenters. The van der Waals surface area contributed by atoms with Crippen LogP contribution >= 0.6 is 0 Å². The number of rotatable bonds is 6. The molecule has 2 aliphatic rings. The van der Waals surface area contributed by atoms with Crippen molar-refractivity contribution in [2.24, 2.45) is 0 Å². The first kappa shape index (κ1) is 26.9. The van der Waals surface area contributed by atoms with Crippen molar-refractivity contribution in [1.82, 2.24) is 0 Å². The molecule has 4 rings (SSSR count). The molecule has 0 amide bonds. The van der Waals surface area contributed by atoms with Gasteiger partial charge in [0, 0.05) is 0 Å². The molecule has 2 saturated carbocycles. The van der Waals surface area contributed by atoms with Gasteiger partial charge in [0.2, 0.25) is 0 Å². The van der Waals surface area contributed by atoms with Crippen molar-refractivity contribution >= 4 is 23.9 Å². The zero-order valence-electron chi connectivity index (χ0n) is 20.2. The molecular formula is C28H32O8. The van der Waals surface area contributed by atoms with Gasteiger partial charge in [-0.05, 0) is 75.6 Å². The highest BCUT2D eigenvalue weighted by atomic mass is 16.6. The molecule has 192 valence electrons. The van der Waals surface area contributed by atoms with Gasteiger partial charge < -0.3 is 19.7 Å². The summed E-state index contributed by atoms with van der Waals surface area (Å²) < 4.78 is 11.2. The predicted octanol–water partition coefficient (Wildman–Crippen LogP) is 5.75. The van der Waals surface area contributed by atoms with E-state index in [-0.39, 0.29) is 23.3 Å². The van der Waals surface area contributed by atoms with E-state index in [2.05, 4.69) is 0 Å². The van der Waals surface area contributed by atoms with Crippen molar-refractivity contribution in [2.75, 3.05) is 0 Å². The quantitative estimate of drug-likeness (QED) is 0.484. The average molecular weight is 497 g/mol. The van der Waals surface area contributed by atoms with Crippen LogP contribution in [0.1, 0.15) is 106 Å². The summed E-state index contributed by atoms with van der Waals surface area (Å²) in [5.74, 6) is -3.27. The first-order valence-corrected chi connectivity index (χ1v) is 12.4. The number of carbonyl (C=O) groups is 4. The van der Waals surface area contributed by atoms with Crippen LogP contribution < -0.4 is 0 Å². The number of carboxylic acid groups (broad SMARTS) is 2. The Labute approximate surface area is 210 Å². The van der Waals surface area contributed by atoms with Crippen LogP contribution in [-0.4, -0.2) is 46.3 Å². The summed E-state index contributed by atoms with van der Waals surface area (Å²) in [6.45, 7) is 0. The number of esters is 2. The summed E-state index contributed by atoms with van der Waals surface area (Å²) in [7, 11) is 0. The normalized spacial score (nSPS) is 16.2. The maximum atomic E-state index is 12.5. The van der Waals surface area contributed by atoms with E-state index in [4.69, 9.17) is 19.7 Å². The monoisotopic (exact) mass is 496 g/mol. The van der Waals surface area contributed by atoms with Crippen molar-refractivity contribution in [2.45, 2.75) is 76.4 Å². The highest BCUT2D eigenvalue weighted by Gasteiger charge is 2.25.